The number of carbonyl (C=O) groups excluding carboxylic acids is 1. The van der Waals surface area contributed by atoms with E-state index in [1.807, 2.05) is 23.1 Å². The van der Waals surface area contributed by atoms with Gasteiger partial charge in [-0.05, 0) is 37.6 Å². The maximum absolute atomic E-state index is 13.3. The number of rotatable bonds is 7. The molecule has 0 bridgehead atoms. The molecule has 1 fully saturated rings. The van der Waals surface area contributed by atoms with Crippen molar-refractivity contribution >= 4 is 15.9 Å². The van der Waals surface area contributed by atoms with Gasteiger partial charge in [-0.1, -0.05) is 58.0 Å². The van der Waals surface area contributed by atoms with Crippen molar-refractivity contribution in [3.05, 3.63) is 77.4 Å². The summed E-state index contributed by atoms with van der Waals surface area (Å²) in [6, 6.07) is 15.8. The molecule has 204 valence electrons. The first-order chi connectivity index (χ1) is 17.9. The van der Waals surface area contributed by atoms with Gasteiger partial charge >= 0.3 is 6.03 Å². The molecule has 1 aliphatic heterocycles. The summed E-state index contributed by atoms with van der Waals surface area (Å²) in [5, 5.41) is 7.95. The van der Waals surface area contributed by atoms with Crippen LogP contribution in [0.4, 0.5) is 4.79 Å². The van der Waals surface area contributed by atoms with Gasteiger partial charge in [-0.25, -0.2) is 13.2 Å². The van der Waals surface area contributed by atoms with Gasteiger partial charge in [0.25, 0.3) is 0 Å². The Balaban J connectivity index is 1.56. The number of carbonyl (C=O) groups is 1. The molecule has 1 saturated heterocycles. The second-order valence-corrected chi connectivity index (χ2v) is 13.6. The summed E-state index contributed by atoms with van der Waals surface area (Å²) >= 11 is 0. The molecule has 8 nitrogen and oxygen atoms in total. The molecule has 3 aromatic rings. The van der Waals surface area contributed by atoms with E-state index in [4.69, 9.17) is 5.10 Å². The molecule has 0 aliphatic carbocycles. The molecule has 1 aliphatic rings. The summed E-state index contributed by atoms with van der Waals surface area (Å²) in [6.45, 7) is 13.8. The van der Waals surface area contributed by atoms with Crippen LogP contribution in [0, 0.1) is 0 Å². The van der Waals surface area contributed by atoms with Crippen LogP contribution < -0.4 is 5.32 Å². The highest BCUT2D eigenvalue weighted by Crippen LogP contribution is 2.41. The van der Waals surface area contributed by atoms with E-state index in [9.17, 15) is 13.2 Å². The van der Waals surface area contributed by atoms with Gasteiger partial charge in [-0.2, -0.15) is 5.10 Å². The Bertz CT molecular complexity index is 1360. The molecule has 9 heteroatoms. The van der Waals surface area contributed by atoms with Crippen molar-refractivity contribution in [2.24, 2.45) is 0 Å². The largest absolute Gasteiger partial charge is 0.332 e. The van der Waals surface area contributed by atoms with Crippen molar-refractivity contribution in [3.8, 4) is 0 Å². The van der Waals surface area contributed by atoms with Gasteiger partial charge in [-0.3, -0.25) is 9.67 Å². The molecule has 0 saturated carbocycles. The zero-order valence-electron chi connectivity index (χ0n) is 23.2. The topological polar surface area (TPSA) is 97.2 Å². The number of aromatic nitrogens is 3. The Morgan fingerprint density at radius 3 is 2.34 bits per heavy atom. The number of nitrogens with zero attached hydrogens (tertiary/aromatic N) is 4. The summed E-state index contributed by atoms with van der Waals surface area (Å²) < 4.78 is 26.2. The Kier molecular flexibility index (Phi) is 7.97. The first-order valence-corrected chi connectivity index (χ1v) is 14.9. The molecule has 4 rings (SSSR count). The number of pyridine rings is 1. The summed E-state index contributed by atoms with van der Waals surface area (Å²) in [4.78, 5) is 19.6. The third kappa shape index (κ3) is 5.93. The molecule has 3 heterocycles. The van der Waals surface area contributed by atoms with Crippen LogP contribution in [-0.2, 0) is 21.8 Å². The van der Waals surface area contributed by atoms with Gasteiger partial charge in [-0.15, -0.1) is 0 Å². The lowest BCUT2D eigenvalue weighted by atomic mass is 9.85. The summed E-state index contributed by atoms with van der Waals surface area (Å²) in [5.74, 6) is 0.266. The second kappa shape index (κ2) is 10.9. The molecule has 2 amide bonds. The van der Waals surface area contributed by atoms with Crippen molar-refractivity contribution in [1.29, 1.82) is 0 Å². The van der Waals surface area contributed by atoms with Crippen LogP contribution in [0.5, 0.6) is 0 Å². The Hall–Kier alpha value is -3.20. The molecular weight excluding hydrogens is 498 g/mol. The van der Waals surface area contributed by atoms with Crippen LogP contribution in [-0.4, -0.2) is 53.0 Å². The minimum atomic E-state index is -3.31. The van der Waals surface area contributed by atoms with E-state index in [-0.39, 0.29) is 46.5 Å². The third-order valence-corrected chi connectivity index (χ3v) is 8.91. The maximum Gasteiger partial charge on any atom is 0.317 e. The standard InChI is InChI=1S/C29H39N5O3S/c1-7-38(36,37)23-14-13-22(30-17-23)16-31-28(35)33-18-24(21-11-9-8-10-12-21)25(19-33)26-15-27(29(4,5)6)32-34(26)20(2)3/h8-15,17,20,24-25H,7,16,18-19H2,1-6H3,(H,31,35). The molecule has 38 heavy (non-hydrogen) atoms. The Labute approximate surface area is 226 Å². The third-order valence-electron chi connectivity index (χ3n) is 7.19. The summed E-state index contributed by atoms with van der Waals surface area (Å²) in [6.07, 6.45) is 1.36. The normalized spacial score (nSPS) is 18.2. The van der Waals surface area contributed by atoms with Crippen LogP contribution in [0.25, 0.3) is 0 Å². The van der Waals surface area contributed by atoms with E-state index in [0.717, 1.165) is 11.4 Å². The minimum Gasteiger partial charge on any atom is -0.332 e. The zero-order chi connectivity index (χ0) is 27.7. The van der Waals surface area contributed by atoms with Crippen molar-refractivity contribution in [2.45, 2.75) is 76.3 Å². The monoisotopic (exact) mass is 537 g/mol. The Morgan fingerprint density at radius 2 is 1.76 bits per heavy atom. The van der Waals surface area contributed by atoms with Crippen molar-refractivity contribution < 1.29 is 13.2 Å². The maximum atomic E-state index is 13.3. The van der Waals surface area contributed by atoms with Crippen molar-refractivity contribution in [3.63, 3.8) is 0 Å². The minimum absolute atomic E-state index is 0.0242. The van der Waals surface area contributed by atoms with Gasteiger partial charge in [0.2, 0.25) is 0 Å². The van der Waals surface area contributed by atoms with Gasteiger partial charge in [0.15, 0.2) is 9.84 Å². The molecule has 1 aromatic carbocycles. The fraction of sp³-hybridized carbons (Fsp3) is 0.483. The SMILES string of the molecule is CCS(=O)(=O)c1ccc(CNC(=O)N2CC(c3ccccc3)C(c3cc(C(C)(C)C)nn3C(C)C)C2)nc1. The highest BCUT2D eigenvalue weighted by Gasteiger charge is 2.40. The zero-order valence-corrected chi connectivity index (χ0v) is 24.0. The molecular formula is C29H39N5O3S. The smallest absolute Gasteiger partial charge is 0.317 e. The number of sulfone groups is 1. The van der Waals surface area contributed by atoms with E-state index >= 15 is 0 Å². The first kappa shape index (κ1) is 27.8. The lowest BCUT2D eigenvalue weighted by Crippen LogP contribution is -2.38. The Morgan fingerprint density at radius 1 is 1.08 bits per heavy atom. The van der Waals surface area contributed by atoms with E-state index in [2.05, 4.69) is 67.8 Å². The molecule has 2 unspecified atom stereocenters. The van der Waals surface area contributed by atoms with Crippen LogP contribution in [0.2, 0.25) is 0 Å². The fourth-order valence-corrected chi connectivity index (χ4v) is 5.74. The van der Waals surface area contributed by atoms with Crippen LogP contribution in [0.1, 0.15) is 82.1 Å². The number of nitrogens with one attached hydrogen (secondary N) is 1. The first-order valence-electron chi connectivity index (χ1n) is 13.3. The highest BCUT2D eigenvalue weighted by molar-refractivity contribution is 7.91. The average molecular weight is 538 g/mol. The van der Waals surface area contributed by atoms with Crippen LogP contribution >= 0.6 is 0 Å². The summed E-state index contributed by atoms with van der Waals surface area (Å²) in [5.41, 5.74) is 3.94. The predicted octanol–water partition coefficient (Wildman–Crippen LogP) is 5.04. The van der Waals surface area contributed by atoms with Gasteiger partial charge < -0.3 is 10.2 Å². The number of likely N-dealkylation sites (tertiary alicyclic amines) is 1. The second-order valence-electron chi connectivity index (χ2n) is 11.3. The number of hydrogen-bond donors (Lipinski definition) is 1. The number of benzene rings is 1. The van der Waals surface area contributed by atoms with E-state index in [1.54, 1.807) is 19.1 Å². The van der Waals surface area contributed by atoms with Crippen LogP contribution in [0.3, 0.4) is 0 Å². The van der Waals surface area contributed by atoms with Gasteiger partial charge in [0.1, 0.15) is 0 Å². The number of hydrogen-bond acceptors (Lipinski definition) is 5. The summed E-state index contributed by atoms with van der Waals surface area (Å²) in [7, 11) is -3.31. The lowest BCUT2D eigenvalue weighted by molar-refractivity contribution is 0.207. The lowest BCUT2D eigenvalue weighted by Gasteiger charge is -2.21. The number of amides is 2. The molecule has 2 atom stereocenters. The molecule has 0 radical (unpaired) electrons. The molecule has 0 spiro atoms. The van der Waals surface area contributed by atoms with E-state index < -0.39 is 9.84 Å². The average Bonchev–Trinajstić information content (AvgIpc) is 3.53. The quantitative estimate of drug-likeness (QED) is 0.455. The van der Waals surface area contributed by atoms with Gasteiger partial charge in [0.05, 0.1) is 28.6 Å². The fourth-order valence-electron chi connectivity index (χ4n) is 4.92. The van der Waals surface area contributed by atoms with Gasteiger partial charge in [0, 0.05) is 48.3 Å². The molecule has 1 N–H and O–H groups in total. The van der Waals surface area contributed by atoms with Crippen LogP contribution in [0.15, 0.2) is 59.6 Å². The van der Waals surface area contributed by atoms with E-state index in [0.29, 0.717) is 18.8 Å². The molecule has 2 aromatic heterocycles. The predicted molar refractivity (Wildman–Crippen MR) is 149 cm³/mol. The van der Waals surface area contributed by atoms with Crippen molar-refractivity contribution in [1.82, 2.24) is 25.0 Å². The van der Waals surface area contributed by atoms with Crippen molar-refractivity contribution in [2.75, 3.05) is 18.8 Å². The number of urea groups is 1. The van der Waals surface area contributed by atoms with E-state index in [1.165, 1.54) is 11.8 Å². The highest BCUT2D eigenvalue weighted by atomic mass is 32.2.